The maximum Gasteiger partial charge on any atom is 0.231 e. The van der Waals surface area contributed by atoms with Gasteiger partial charge in [-0.15, -0.1) is 11.3 Å². The minimum atomic E-state index is 0.300. The maximum atomic E-state index is 5.51. The number of aromatic nitrogens is 1. The lowest BCUT2D eigenvalue weighted by molar-refractivity contribution is 0.174. The highest BCUT2D eigenvalue weighted by Gasteiger charge is 2.14. The predicted octanol–water partition coefficient (Wildman–Crippen LogP) is 2.04. The molecule has 0 bridgehead atoms. The molecule has 88 valence electrons. The van der Waals surface area contributed by atoms with E-state index < -0.39 is 0 Å². The van der Waals surface area contributed by atoms with Gasteiger partial charge in [0.05, 0.1) is 10.7 Å². The molecule has 0 amide bonds. The van der Waals surface area contributed by atoms with Gasteiger partial charge < -0.3 is 15.2 Å². The van der Waals surface area contributed by atoms with Crippen molar-refractivity contribution in [3.8, 4) is 22.8 Å². The van der Waals surface area contributed by atoms with Crippen LogP contribution in [-0.4, -0.2) is 18.3 Å². The number of thiazole rings is 1. The van der Waals surface area contributed by atoms with Crippen molar-refractivity contribution in [3.05, 3.63) is 28.6 Å². The molecule has 17 heavy (non-hydrogen) atoms. The third kappa shape index (κ3) is 1.99. The summed E-state index contributed by atoms with van der Waals surface area (Å²) >= 11 is 1.64. The summed E-state index contributed by atoms with van der Waals surface area (Å²) < 4.78 is 10.6. The van der Waals surface area contributed by atoms with Crippen LogP contribution in [0.3, 0.4) is 0 Å². The molecule has 0 unspecified atom stereocenters. The van der Waals surface area contributed by atoms with Gasteiger partial charge in [-0.25, -0.2) is 4.98 Å². The Bertz CT molecular complexity index is 539. The number of fused-ring (bicyclic) bond motifs is 1. The molecule has 0 atom stereocenters. The van der Waals surface area contributed by atoms with Crippen molar-refractivity contribution in [1.29, 1.82) is 0 Å². The number of benzene rings is 1. The highest BCUT2D eigenvalue weighted by molar-refractivity contribution is 7.09. The molecular formula is C12H12N2O2S. The van der Waals surface area contributed by atoms with Crippen molar-refractivity contribution < 1.29 is 9.47 Å². The Morgan fingerprint density at radius 3 is 3.06 bits per heavy atom. The lowest BCUT2D eigenvalue weighted by Crippen LogP contribution is -2.01. The highest BCUT2D eigenvalue weighted by atomic mass is 32.1. The fraction of sp³-hybridized carbons (Fsp3) is 0.250. The fourth-order valence-corrected chi connectivity index (χ4v) is 2.56. The van der Waals surface area contributed by atoms with E-state index in [-0.39, 0.29) is 0 Å². The first kappa shape index (κ1) is 10.6. The Balaban J connectivity index is 1.92. The molecule has 2 aromatic rings. The third-order valence-electron chi connectivity index (χ3n) is 2.58. The van der Waals surface area contributed by atoms with Crippen LogP contribution in [0.4, 0.5) is 0 Å². The van der Waals surface area contributed by atoms with Crippen molar-refractivity contribution in [1.82, 2.24) is 4.98 Å². The van der Waals surface area contributed by atoms with Crippen molar-refractivity contribution in [2.75, 3.05) is 13.3 Å². The van der Waals surface area contributed by atoms with Gasteiger partial charge in [0.25, 0.3) is 0 Å². The normalized spacial score (nSPS) is 13.0. The van der Waals surface area contributed by atoms with E-state index in [1.807, 2.05) is 23.6 Å². The van der Waals surface area contributed by atoms with E-state index in [2.05, 4.69) is 4.98 Å². The number of hydrogen-bond acceptors (Lipinski definition) is 5. The minimum absolute atomic E-state index is 0.300. The molecule has 2 N–H and O–H groups in total. The molecule has 3 rings (SSSR count). The zero-order chi connectivity index (χ0) is 11.7. The van der Waals surface area contributed by atoms with Crippen LogP contribution in [0.25, 0.3) is 11.3 Å². The first-order chi connectivity index (χ1) is 8.36. The third-order valence-corrected chi connectivity index (χ3v) is 3.49. The summed E-state index contributed by atoms with van der Waals surface area (Å²) in [5.74, 6) is 1.59. The molecule has 1 aromatic carbocycles. The Hall–Kier alpha value is -1.59. The lowest BCUT2D eigenvalue weighted by atomic mass is 10.1. The van der Waals surface area contributed by atoms with Gasteiger partial charge in [0.2, 0.25) is 6.79 Å². The number of rotatable bonds is 3. The van der Waals surface area contributed by atoms with Gasteiger partial charge in [0.15, 0.2) is 11.5 Å². The zero-order valence-electron chi connectivity index (χ0n) is 9.18. The molecule has 0 aliphatic carbocycles. The van der Waals surface area contributed by atoms with Crippen LogP contribution in [0.15, 0.2) is 23.6 Å². The van der Waals surface area contributed by atoms with Gasteiger partial charge >= 0.3 is 0 Å². The Kier molecular flexibility index (Phi) is 2.70. The summed E-state index contributed by atoms with van der Waals surface area (Å²) in [6, 6.07) is 5.87. The Morgan fingerprint density at radius 1 is 1.29 bits per heavy atom. The molecule has 0 spiro atoms. The van der Waals surface area contributed by atoms with E-state index in [1.165, 1.54) is 0 Å². The van der Waals surface area contributed by atoms with Gasteiger partial charge in [-0.1, -0.05) is 0 Å². The summed E-state index contributed by atoms with van der Waals surface area (Å²) in [5, 5.41) is 3.11. The second-order valence-corrected chi connectivity index (χ2v) is 4.68. The molecule has 0 saturated carbocycles. The van der Waals surface area contributed by atoms with Gasteiger partial charge in [0, 0.05) is 17.4 Å². The van der Waals surface area contributed by atoms with Gasteiger partial charge in [0.1, 0.15) is 0 Å². The lowest BCUT2D eigenvalue weighted by Gasteiger charge is -1.99. The van der Waals surface area contributed by atoms with Crippen LogP contribution in [0.5, 0.6) is 11.5 Å². The molecule has 1 aliphatic heterocycles. The monoisotopic (exact) mass is 248 g/mol. The largest absolute Gasteiger partial charge is 0.454 e. The van der Waals surface area contributed by atoms with Crippen molar-refractivity contribution >= 4 is 11.3 Å². The molecule has 1 aromatic heterocycles. The summed E-state index contributed by atoms with van der Waals surface area (Å²) in [4.78, 5) is 4.54. The van der Waals surface area contributed by atoms with Crippen LogP contribution in [0, 0.1) is 0 Å². The van der Waals surface area contributed by atoms with Gasteiger partial charge in [-0.3, -0.25) is 0 Å². The van der Waals surface area contributed by atoms with Gasteiger partial charge in [-0.05, 0) is 24.7 Å². The van der Waals surface area contributed by atoms with Crippen molar-refractivity contribution in [3.63, 3.8) is 0 Å². The van der Waals surface area contributed by atoms with Gasteiger partial charge in [-0.2, -0.15) is 0 Å². The second-order valence-electron chi connectivity index (χ2n) is 3.73. The summed E-state index contributed by atoms with van der Waals surface area (Å²) in [7, 11) is 0. The standard InChI is InChI=1S/C12H12N2O2S/c13-4-3-12-14-9(6-17-12)8-1-2-10-11(5-8)16-7-15-10/h1-2,5-6H,3-4,7,13H2. The SMILES string of the molecule is NCCc1nc(-c2ccc3c(c2)OCO3)cs1. The molecule has 0 radical (unpaired) electrons. The molecule has 5 heteroatoms. The van der Waals surface area contributed by atoms with E-state index in [9.17, 15) is 0 Å². The maximum absolute atomic E-state index is 5.51. The summed E-state index contributed by atoms with van der Waals surface area (Å²) in [6.45, 7) is 0.933. The highest BCUT2D eigenvalue weighted by Crippen LogP contribution is 2.36. The zero-order valence-corrected chi connectivity index (χ0v) is 10.00. The first-order valence-electron chi connectivity index (χ1n) is 5.41. The van der Waals surface area contributed by atoms with E-state index in [0.717, 1.165) is 34.2 Å². The van der Waals surface area contributed by atoms with E-state index in [4.69, 9.17) is 15.2 Å². The number of nitrogens with zero attached hydrogens (tertiary/aromatic N) is 1. The number of hydrogen-bond donors (Lipinski definition) is 1. The quantitative estimate of drug-likeness (QED) is 0.903. The second kappa shape index (κ2) is 4.35. The fourth-order valence-electron chi connectivity index (χ4n) is 1.74. The Morgan fingerprint density at radius 2 is 2.18 bits per heavy atom. The van der Waals surface area contributed by atoms with Crippen molar-refractivity contribution in [2.45, 2.75) is 6.42 Å². The summed E-state index contributed by atoms with van der Waals surface area (Å²) in [6.07, 6.45) is 0.829. The predicted molar refractivity (Wildman–Crippen MR) is 66.4 cm³/mol. The first-order valence-corrected chi connectivity index (χ1v) is 6.29. The van der Waals surface area contributed by atoms with E-state index in [1.54, 1.807) is 11.3 Å². The van der Waals surface area contributed by atoms with Crippen LogP contribution in [0.1, 0.15) is 5.01 Å². The van der Waals surface area contributed by atoms with E-state index in [0.29, 0.717) is 13.3 Å². The Labute approximate surface area is 103 Å². The molecule has 0 fully saturated rings. The van der Waals surface area contributed by atoms with Crippen LogP contribution < -0.4 is 15.2 Å². The van der Waals surface area contributed by atoms with Crippen molar-refractivity contribution in [2.24, 2.45) is 5.73 Å². The van der Waals surface area contributed by atoms with Crippen LogP contribution in [0.2, 0.25) is 0 Å². The minimum Gasteiger partial charge on any atom is -0.454 e. The molecular weight excluding hydrogens is 236 g/mol. The summed E-state index contributed by atoms with van der Waals surface area (Å²) in [5.41, 5.74) is 7.53. The molecule has 4 nitrogen and oxygen atoms in total. The average Bonchev–Trinajstić information content (AvgIpc) is 2.96. The van der Waals surface area contributed by atoms with E-state index >= 15 is 0 Å². The molecule has 0 saturated heterocycles. The van der Waals surface area contributed by atoms with Crippen LogP contribution in [-0.2, 0) is 6.42 Å². The molecule has 2 heterocycles. The number of ether oxygens (including phenoxy) is 2. The van der Waals surface area contributed by atoms with Crippen LogP contribution >= 0.6 is 11.3 Å². The number of nitrogens with two attached hydrogens (primary N) is 1. The average molecular weight is 248 g/mol. The smallest absolute Gasteiger partial charge is 0.231 e. The topological polar surface area (TPSA) is 57.4 Å². The molecule has 1 aliphatic rings.